The molecule has 0 rings (SSSR count). The smallest absolute Gasteiger partial charge is 0.305 e. The van der Waals surface area contributed by atoms with Crippen molar-refractivity contribution in [1.29, 1.82) is 0 Å². The Morgan fingerprint density at radius 3 is 0.823 bits per heavy atom. The summed E-state index contributed by atoms with van der Waals surface area (Å²) in [6, 6.07) is 0. The van der Waals surface area contributed by atoms with Gasteiger partial charge in [-0.3, -0.25) is 9.59 Å². The Morgan fingerprint density at radius 1 is 0.371 bits per heavy atom. The molecule has 0 bridgehead atoms. The average molecular weight is 889 g/mol. The second kappa shape index (κ2) is 44.8. The molecular weight excluding hydrogens is 785 g/mol. The maximum atomic E-state index is 12.6. The topological polar surface area (TPSA) is 154 Å². The Labute approximate surface area is 381 Å². The van der Waals surface area contributed by atoms with Crippen molar-refractivity contribution in [1.82, 2.24) is 0 Å². The number of esters is 2. The van der Waals surface area contributed by atoms with Gasteiger partial charge in [-0.15, -0.1) is 0 Å². The van der Waals surface area contributed by atoms with Crippen molar-refractivity contribution >= 4 is 11.9 Å². The number of hydrogen-bond donors (Lipinski definition) is 5. The molecule has 0 aromatic heterocycles. The van der Waals surface area contributed by atoms with Crippen LogP contribution in [0.5, 0.6) is 0 Å². The molecule has 0 aliphatic rings. The summed E-state index contributed by atoms with van der Waals surface area (Å²) in [5, 5.41) is 51.5. The fourth-order valence-corrected chi connectivity index (χ4v) is 9.15. The standard InChI is InChI=1S/C51H104N2O9/c1-3-5-7-9-11-13-15-17-19-21-23-25-27-29-31-33-50(59)61-45-39-52(35-41-54,36-42-55)47-49(58)48-53(37-43-56,38-44-57)40-46-62-51(60)34-32-30-28-26-24-22-20-18-16-14-12-10-8-6-4-2/h49,54-58H,3-48H2,1-2H3/q+2. The molecule has 0 aliphatic heterocycles. The zero-order valence-electron chi connectivity index (χ0n) is 40.9. The minimum Gasteiger partial charge on any atom is -0.460 e. The Hall–Kier alpha value is -1.34. The Kier molecular flexibility index (Phi) is 43.9. The number of aliphatic hydroxyl groups is 5. The number of rotatable bonds is 50. The molecule has 0 aromatic rings. The van der Waals surface area contributed by atoms with Crippen molar-refractivity contribution in [3.8, 4) is 0 Å². The highest BCUT2D eigenvalue weighted by atomic mass is 16.5. The van der Waals surface area contributed by atoms with E-state index in [9.17, 15) is 35.1 Å². The van der Waals surface area contributed by atoms with Gasteiger partial charge < -0.3 is 44.0 Å². The fourth-order valence-electron chi connectivity index (χ4n) is 9.15. The molecule has 0 aromatic carbocycles. The number of quaternary nitrogens is 2. The molecule has 11 heteroatoms. The van der Waals surface area contributed by atoms with Crippen molar-refractivity contribution in [3.05, 3.63) is 0 Å². The second-order valence-corrected chi connectivity index (χ2v) is 18.8. The SMILES string of the molecule is CCCCCCCCCCCCCCCCCC(=O)OCC[N+](CCO)(CCO)CC(O)C[N+](CCO)(CCO)CCOC(=O)CCCCCCCCCCCCCCCCC. The van der Waals surface area contributed by atoms with Crippen LogP contribution < -0.4 is 0 Å². The Balaban J connectivity index is 4.55. The summed E-state index contributed by atoms with van der Waals surface area (Å²) in [4.78, 5) is 25.2. The van der Waals surface area contributed by atoms with Crippen LogP contribution in [0.15, 0.2) is 0 Å². The summed E-state index contributed by atoms with van der Waals surface area (Å²) < 4.78 is 11.5. The van der Waals surface area contributed by atoms with Crippen LogP contribution in [0.3, 0.4) is 0 Å². The Bertz CT molecular complexity index is 886. The molecule has 11 nitrogen and oxygen atoms in total. The highest BCUT2D eigenvalue weighted by molar-refractivity contribution is 5.69. The van der Waals surface area contributed by atoms with E-state index in [0.717, 1.165) is 38.5 Å². The fraction of sp³-hybridized carbons (Fsp3) is 0.961. The van der Waals surface area contributed by atoms with Gasteiger partial charge in [0.1, 0.15) is 65.6 Å². The van der Waals surface area contributed by atoms with Crippen molar-refractivity contribution < 1.29 is 53.6 Å². The van der Waals surface area contributed by atoms with Crippen LogP contribution in [0, 0.1) is 0 Å². The molecule has 370 valence electrons. The zero-order valence-corrected chi connectivity index (χ0v) is 40.9. The van der Waals surface area contributed by atoms with Crippen LogP contribution >= 0.6 is 0 Å². The van der Waals surface area contributed by atoms with Crippen LogP contribution in [0.2, 0.25) is 0 Å². The van der Waals surface area contributed by atoms with Gasteiger partial charge in [-0.2, -0.15) is 0 Å². The van der Waals surface area contributed by atoms with E-state index in [1.807, 2.05) is 0 Å². The van der Waals surface area contributed by atoms with Crippen molar-refractivity contribution in [3.63, 3.8) is 0 Å². The third-order valence-electron chi connectivity index (χ3n) is 13.1. The van der Waals surface area contributed by atoms with E-state index in [4.69, 9.17) is 9.47 Å². The number of ether oxygens (including phenoxy) is 2. The van der Waals surface area contributed by atoms with Crippen molar-refractivity contribution in [2.75, 3.05) is 92.0 Å². The van der Waals surface area contributed by atoms with Crippen LogP contribution in [0.25, 0.3) is 0 Å². The maximum Gasteiger partial charge on any atom is 0.305 e. The monoisotopic (exact) mass is 889 g/mol. The number of hydrogen-bond acceptors (Lipinski definition) is 9. The molecule has 5 N–H and O–H groups in total. The number of nitrogens with zero attached hydrogens (tertiary/aromatic N) is 2. The van der Waals surface area contributed by atoms with E-state index in [1.165, 1.54) is 154 Å². The molecule has 0 unspecified atom stereocenters. The summed E-state index contributed by atoms with van der Waals surface area (Å²) in [6.07, 6.45) is 37.7. The van der Waals surface area contributed by atoms with Gasteiger partial charge in [0.25, 0.3) is 0 Å². The highest BCUT2D eigenvalue weighted by Crippen LogP contribution is 2.18. The molecule has 0 spiro atoms. The van der Waals surface area contributed by atoms with Gasteiger partial charge in [-0.1, -0.05) is 194 Å². The maximum absolute atomic E-state index is 12.6. The van der Waals surface area contributed by atoms with E-state index in [1.54, 1.807) is 0 Å². The molecule has 0 fully saturated rings. The normalized spacial score (nSPS) is 12.1. The molecule has 0 amide bonds. The van der Waals surface area contributed by atoms with Crippen LogP contribution in [-0.2, 0) is 19.1 Å². The lowest BCUT2D eigenvalue weighted by atomic mass is 10.0. The van der Waals surface area contributed by atoms with Crippen LogP contribution in [0.4, 0.5) is 0 Å². The first kappa shape index (κ1) is 60.7. The van der Waals surface area contributed by atoms with E-state index in [2.05, 4.69) is 13.8 Å². The summed E-state index contributed by atoms with van der Waals surface area (Å²) in [5.41, 5.74) is 0. The predicted molar refractivity (Wildman–Crippen MR) is 255 cm³/mol. The first-order valence-corrected chi connectivity index (χ1v) is 26.4. The van der Waals surface area contributed by atoms with Gasteiger partial charge in [0.2, 0.25) is 0 Å². The van der Waals surface area contributed by atoms with Gasteiger partial charge >= 0.3 is 11.9 Å². The first-order chi connectivity index (χ1) is 30.3. The van der Waals surface area contributed by atoms with E-state index in [0.29, 0.717) is 25.9 Å². The summed E-state index contributed by atoms with van der Waals surface area (Å²) in [6.45, 7) is 6.22. The average Bonchev–Trinajstić information content (AvgIpc) is 3.24. The summed E-state index contributed by atoms with van der Waals surface area (Å²) in [5.74, 6) is -0.496. The largest absolute Gasteiger partial charge is 0.460 e. The molecule has 0 aliphatic carbocycles. The molecule has 0 saturated heterocycles. The molecule has 0 radical (unpaired) electrons. The van der Waals surface area contributed by atoms with Crippen LogP contribution in [-0.4, -0.2) is 145 Å². The predicted octanol–water partition coefficient (Wildman–Crippen LogP) is 9.56. The third-order valence-corrected chi connectivity index (χ3v) is 13.1. The Morgan fingerprint density at radius 2 is 0.597 bits per heavy atom. The van der Waals surface area contributed by atoms with Gasteiger partial charge in [-0.25, -0.2) is 0 Å². The van der Waals surface area contributed by atoms with Gasteiger partial charge in [0.15, 0.2) is 6.10 Å². The summed E-state index contributed by atoms with van der Waals surface area (Å²) >= 11 is 0. The van der Waals surface area contributed by atoms with E-state index in [-0.39, 0.29) is 99.8 Å². The molecular formula is C51H104N2O9+2. The lowest BCUT2D eigenvalue weighted by Gasteiger charge is -2.43. The molecule has 0 heterocycles. The lowest BCUT2D eigenvalue weighted by Crippen LogP contribution is -2.62. The number of carbonyl (C=O) groups excluding carboxylic acids is 2. The number of aliphatic hydroxyl groups excluding tert-OH is 5. The second-order valence-electron chi connectivity index (χ2n) is 18.8. The van der Waals surface area contributed by atoms with Crippen LogP contribution in [0.1, 0.15) is 219 Å². The van der Waals surface area contributed by atoms with Gasteiger partial charge in [0, 0.05) is 12.8 Å². The number of carbonyl (C=O) groups is 2. The van der Waals surface area contributed by atoms with Gasteiger partial charge in [0.05, 0.1) is 26.4 Å². The molecule has 0 saturated carbocycles. The number of unbranched alkanes of at least 4 members (excludes halogenated alkanes) is 28. The lowest BCUT2D eigenvalue weighted by molar-refractivity contribution is -0.951. The minimum absolute atomic E-state index is 0.118. The minimum atomic E-state index is -0.918. The summed E-state index contributed by atoms with van der Waals surface area (Å²) in [7, 11) is 0. The van der Waals surface area contributed by atoms with Crippen molar-refractivity contribution in [2.24, 2.45) is 0 Å². The first-order valence-electron chi connectivity index (χ1n) is 26.4. The van der Waals surface area contributed by atoms with Crippen molar-refractivity contribution in [2.45, 2.75) is 225 Å². The highest BCUT2D eigenvalue weighted by Gasteiger charge is 2.36. The zero-order chi connectivity index (χ0) is 45.7. The molecule has 0 atom stereocenters. The van der Waals surface area contributed by atoms with E-state index < -0.39 is 6.10 Å². The quantitative estimate of drug-likeness (QED) is 0.0228. The molecule has 62 heavy (non-hydrogen) atoms. The van der Waals surface area contributed by atoms with Gasteiger partial charge in [-0.05, 0) is 12.8 Å². The van der Waals surface area contributed by atoms with E-state index >= 15 is 0 Å². The third kappa shape index (κ3) is 36.9.